The molecule has 0 saturated carbocycles. The number of aliphatic carboxylic acids is 1. The number of nitrogens with zero attached hydrogens (tertiary/aromatic N) is 2. The minimum absolute atomic E-state index is 0.0280. The quantitative estimate of drug-likeness (QED) is 0.818. The molecule has 0 aliphatic carbocycles. The zero-order valence-electron chi connectivity index (χ0n) is 10.8. The van der Waals surface area contributed by atoms with Gasteiger partial charge in [0.05, 0.1) is 0 Å². The number of piperidine rings is 1. The van der Waals surface area contributed by atoms with Crippen LogP contribution in [0.1, 0.15) is 33.1 Å². The van der Waals surface area contributed by atoms with E-state index in [1.807, 2.05) is 13.8 Å². The van der Waals surface area contributed by atoms with Crippen LogP contribution >= 0.6 is 0 Å². The Morgan fingerprint density at radius 1 is 1.47 bits per heavy atom. The van der Waals surface area contributed by atoms with E-state index in [0.717, 1.165) is 19.3 Å². The molecule has 0 radical (unpaired) electrons. The van der Waals surface area contributed by atoms with Crippen LogP contribution in [0.5, 0.6) is 0 Å². The van der Waals surface area contributed by atoms with Crippen LogP contribution < -0.4 is 0 Å². The highest BCUT2D eigenvalue weighted by Crippen LogP contribution is 2.24. The third-order valence-electron chi connectivity index (χ3n) is 3.32. The molecule has 17 heavy (non-hydrogen) atoms. The van der Waals surface area contributed by atoms with E-state index in [1.165, 1.54) is 4.90 Å². The van der Waals surface area contributed by atoms with Gasteiger partial charge in [-0.15, -0.1) is 0 Å². The predicted molar refractivity (Wildman–Crippen MR) is 64.8 cm³/mol. The van der Waals surface area contributed by atoms with Crippen molar-refractivity contribution >= 4 is 12.0 Å². The van der Waals surface area contributed by atoms with Crippen molar-refractivity contribution in [1.29, 1.82) is 0 Å². The lowest BCUT2D eigenvalue weighted by atomic mass is 9.91. The number of carboxylic acid groups (broad SMARTS) is 1. The van der Waals surface area contributed by atoms with Crippen LogP contribution in [0.2, 0.25) is 0 Å². The highest BCUT2D eigenvalue weighted by Gasteiger charge is 2.37. The number of hydrogen-bond donors (Lipinski definition) is 1. The number of carboxylic acids is 1. The number of rotatable bonds is 3. The first kappa shape index (κ1) is 13.8. The van der Waals surface area contributed by atoms with Gasteiger partial charge in [-0.25, -0.2) is 9.59 Å². The normalized spacial score (nSPS) is 24.5. The maximum atomic E-state index is 12.1. The van der Waals surface area contributed by atoms with Gasteiger partial charge in [0, 0.05) is 20.1 Å². The third kappa shape index (κ3) is 3.11. The van der Waals surface area contributed by atoms with Gasteiger partial charge in [-0.05, 0) is 25.2 Å². The van der Waals surface area contributed by atoms with Gasteiger partial charge in [0.1, 0.15) is 6.04 Å². The molecule has 5 nitrogen and oxygen atoms in total. The summed E-state index contributed by atoms with van der Waals surface area (Å²) in [5.74, 6) is -0.865. The number of carbonyl (C=O) groups excluding carboxylic acids is 1. The van der Waals surface area contributed by atoms with Gasteiger partial charge in [0.2, 0.25) is 0 Å². The summed E-state index contributed by atoms with van der Waals surface area (Å²) >= 11 is 0. The summed E-state index contributed by atoms with van der Waals surface area (Å²) in [5, 5.41) is 9.23. The van der Waals surface area contributed by atoms with Crippen LogP contribution in [-0.4, -0.2) is 53.1 Å². The van der Waals surface area contributed by atoms with E-state index in [-0.39, 0.29) is 11.9 Å². The van der Waals surface area contributed by atoms with Crippen molar-refractivity contribution in [1.82, 2.24) is 9.80 Å². The van der Waals surface area contributed by atoms with Crippen molar-refractivity contribution in [2.75, 3.05) is 20.1 Å². The van der Waals surface area contributed by atoms with Gasteiger partial charge in [-0.3, -0.25) is 0 Å². The molecule has 1 saturated heterocycles. The van der Waals surface area contributed by atoms with E-state index in [0.29, 0.717) is 13.1 Å². The largest absolute Gasteiger partial charge is 0.480 e. The van der Waals surface area contributed by atoms with Gasteiger partial charge < -0.3 is 14.9 Å². The van der Waals surface area contributed by atoms with E-state index in [2.05, 4.69) is 0 Å². The lowest BCUT2D eigenvalue weighted by Gasteiger charge is -2.39. The van der Waals surface area contributed by atoms with Crippen LogP contribution in [0.3, 0.4) is 0 Å². The second kappa shape index (κ2) is 5.89. The Balaban J connectivity index is 2.78. The molecular formula is C12H22N2O3. The van der Waals surface area contributed by atoms with E-state index in [4.69, 9.17) is 0 Å². The Kier molecular flexibility index (Phi) is 4.78. The van der Waals surface area contributed by atoms with Crippen LogP contribution in [0.15, 0.2) is 0 Å². The Hall–Kier alpha value is -1.26. The minimum atomic E-state index is -0.893. The van der Waals surface area contributed by atoms with E-state index in [1.54, 1.807) is 11.9 Å². The van der Waals surface area contributed by atoms with Gasteiger partial charge in [-0.1, -0.05) is 13.8 Å². The topological polar surface area (TPSA) is 60.9 Å². The first-order valence-corrected chi connectivity index (χ1v) is 6.23. The molecule has 0 bridgehead atoms. The number of hydrogen-bond acceptors (Lipinski definition) is 2. The molecule has 2 unspecified atom stereocenters. The molecule has 1 aliphatic heterocycles. The summed E-state index contributed by atoms with van der Waals surface area (Å²) in [6.07, 6.45) is 2.64. The number of likely N-dealkylation sites (tertiary alicyclic amines) is 1. The number of amides is 2. The summed E-state index contributed by atoms with van der Waals surface area (Å²) in [7, 11) is 1.73. The molecule has 1 fully saturated rings. The van der Waals surface area contributed by atoms with Crippen LogP contribution in [0.4, 0.5) is 4.79 Å². The van der Waals surface area contributed by atoms with E-state index >= 15 is 0 Å². The molecule has 98 valence electrons. The Morgan fingerprint density at radius 2 is 2.12 bits per heavy atom. The summed E-state index contributed by atoms with van der Waals surface area (Å²) in [6.45, 7) is 5.11. The molecular weight excluding hydrogens is 220 g/mol. The molecule has 2 atom stereocenters. The Labute approximate surface area is 102 Å². The lowest BCUT2D eigenvalue weighted by molar-refractivity contribution is -0.145. The van der Waals surface area contributed by atoms with Crippen LogP contribution in [0.25, 0.3) is 0 Å². The average molecular weight is 242 g/mol. The van der Waals surface area contributed by atoms with Crippen LogP contribution in [-0.2, 0) is 4.79 Å². The SMILES string of the molecule is CCCN(C)C(=O)N1CCCC(C)C1C(=O)O. The van der Waals surface area contributed by atoms with Crippen molar-refractivity contribution in [3.05, 3.63) is 0 Å². The van der Waals surface area contributed by atoms with Gasteiger partial charge in [0.15, 0.2) is 0 Å². The number of carbonyl (C=O) groups is 2. The maximum absolute atomic E-state index is 12.1. The lowest BCUT2D eigenvalue weighted by Crippen LogP contribution is -2.55. The summed E-state index contributed by atoms with van der Waals surface area (Å²) in [6, 6.07) is -0.832. The summed E-state index contributed by atoms with van der Waals surface area (Å²) in [5.41, 5.74) is 0. The second-order valence-electron chi connectivity index (χ2n) is 4.80. The molecule has 1 rings (SSSR count). The molecule has 5 heteroatoms. The fourth-order valence-electron chi connectivity index (χ4n) is 2.43. The first-order chi connectivity index (χ1) is 7.99. The monoisotopic (exact) mass is 242 g/mol. The average Bonchev–Trinajstić information content (AvgIpc) is 2.27. The molecule has 0 aromatic heterocycles. The molecule has 1 aliphatic rings. The van der Waals surface area contributed by atoms with Crippen molar-refractivity contribution in [2.24, 2.45) is 5.92 Å². The Morgan fingerprint density at radius 3 is 2.65 bits per heavy atom. The maximum Gasteiger partial charge on any atom is 0.326 e. The Bertz CT molecular complexity index is 293. The third-order valence-corrected chi connectivity index (χ3v) is 3.32. The molecule has 0 aromatic carbocycles. The molecule has 1 heterocycles. The first-order valence-electron chi connectivity index (χ1n) is 6.23. The van der Waals surface area contributed by atoms with Crippen molar-refractivity contribution in [3.8, 4) is 0 Å². The highest BCUT2D eigenvalue weighted by molar-refractivity contribution is 5.83. The van der Waals surface area contributed by atoms with Crippen molar-refractivity contribution in [2.45, 2.75) is 39.2 Å². The zero-order valence-corrected chi connectivity index (χ0v) is 10.8. The summed E-state index contributed by atoms with van der Waals surface area (Å²) < 4.78 is 0. The standard InChI is InChI=1S/C12H22N2O3/c1-4-7-13(3)12(17)14-8-5-6-9(2)10(14)11(15)16/h9-10H,4-8H2,1-3H3,(H,15,16). The molecule has 2 amide bonds. The smallest absolute Gasteiger partial charge is 0.326 e. The van der Waals surface area contributed by atoms with Gasteiger partial charge in [0.25, 0.3) is 0 Å². The molecule has 1 N–H and O–H groups in total. The second-order valence-corrected chi connectivity index (χ2v) is 4.80. The predicted octanol–water partition coefficient (Wildman–Crippen LogP) is 1.63. The molecule has 0 aromatic rings. The number of urea groups is 1. The van der Waals surface area contributed by atoms with Gasteiger partial charge >= 0.3 is 12.0 Å². The van der Waals surface area contributed by atoms with Crippen molar-refractivity contribution < 1.29 is 14.7 Å². The van der Waals surface area contributed by atoms with Crippen LogP contribution in [0, 0.1) is 5.92 Å². The summed E-state index contributed by atoms with van der Waals surface area (Å²) in [4.78, 5) is 26.5. The fraction of sp³-hybridized carbons (Fsp3) is 0.833. The minimum Gasteiger partial charge on any atom is -0.480 e. The van der Waals surface area contributed by atoms with E-state index < -0.39 is 12.0 Å². The fourth-order valence-corrected chi connectivity index (χ4v) is 2.43. The van der Waals surface area contributed by atoms with Crippen molar-refractivity contribution in [3.63, 3.8) is 0 Å². The molecule has 0 spiro atoms. The van der Waals surface area contributed by atoms with Gasteiger partial charge in [-0.2, -0.15) is 0 Å². The zero-order chi connectivity index (χ0) is 13.0. The highest BCUT2D eigenvalue weighted by atomic mass is 16.4. The van der Waals surface area contributed by atoms with E-state index in [9.17, 15) is 14.7 Å².